The molecular formula is C15H17N3. The number of pyridine rings is 1. The van der Waals surface area contributed by atoms with Crippen LogP contribution in [0.5, 0.6) is 0 Å². The summed E-state index contributed by atoms with van der Waals surface area (Å²) in [6.07, 6.45) is 2.86. The number of nitrogens with zero attached hydrogens (tertiary/aromatic N) is 2. The number of nitrogens with two attached hydrogens (primary N) is 1. The Morgan fingerprint density at radius 3 is 2.83 bits per heavy atom. The number of hydrogen-bond acceptors (Lipinski definition) is 3. The smallest absolute Gasteiger partial charge is 0.0416 e. The Balaban J connectivity index is 1.61. The molecule has 2 N–H and O–H groups in total. The second kappa shape index (κ2) is 4.78. The molecule has 0 amide bonds. The van der Waals surface area contributed by atoms with Gasteiger partial charge in [-0.15, -0.1) is 0 Å². The van der Waals surface area contributed by atoms with Crippen LogP contribution in [0.15, 0.2) is 42.6 Å². The molecule has 0 saturated heterocycles. The largest absolute Gasteiger partial charge is 0.399 e. The van der Waals surface area contributed by atoms with Crippen molar-refractivity contribution in [1.29, 1.82) is 0 Å². The van der Waals surface area contributed by atoms with Gasteiger partial charge >= 0.3 is 0 Å². The molecule has 1 aliphatic heterocycles. The third-order valence-electron chi connectivity index (χ3n) is 3.43. The summed E-state index contributed by atoms with van der Waals surface area (Å²) in [6.45, 7) is 3.08. The zero-order valence-electron chi connectivity index (χ0n) is 10.3. The van der Waals surface area contributed by atoms with E-state index < -0.39 is 0 Å². The van der Waals surface area contributed by atoms with Gasteiger partial charge in [0.15, 0.2) is 0 Å². The van der Waals surface area contributed by atoms with Gasteiger partial charge in [0.25, 0.3) is 0 Å². The average molecular weight is 239 g/mol. The van der Waals surface area contributed by atoms with E-state index in [2.05, 4.69) is 28.1 Å². The Hall–Kier alpha value is -1.87. The number of hydrogen-bond donors (Lipinski definition) is 1. The molecule has 3 rings (SSSR count). The third kappa shape index (κ3) is 2.36. The topological polar surface area (TPSA) is 42.1 Å². The van der Waals surface area contributed by atoms with Crippen LogP contribution < -0.4 is 5.73 Å². The van der Waals surface area contributed by atoms with Gasteiger partial charge in [-0.3, -0.25) is 9.88 Å². The van der Waals surface area contributed by atoms with Crippen LogP contribution in [0.2, 0.25) is 0 Å². The minimum atomic E-state index is 0.861. The Kier molecular flexibility index (Phi) is 2.99. The normalized spacial score (nSPS) is 14.7. The number of anilines is 1. The first-order chi connectivity index (χ1) is 8.81. The fourth-order valence-corrected chi connectivity index (χ4v) is 2.46. The van der Waals surface area contributed by atoms with Gasteiger partial charge < -0.3 is 5.73 Å². The van der Waals surface area contributed by atoms with Crippen LogP contribution in [-0.2, 0) is 19.5 Å². The van der Waals surface area contributed by atoms with E-state index in [0.29, 0.717) is 0 Å². The molecule has 0 unspecified atom stereocenters. The molecule has 0 radical (unpaired) electrons. The maximum absolute atomic E-state index is 5.81. The summed E-state index contributed by atoms with van der Waals surface area (Å²) < 4.78 is 0. The van der Waals surface area contributed by atoms with Gasteiger partial charge in [0.1, 0.15) is 0 Å². The Morgan fingerprint density at radius 1 is 1.11 bits per heavy atom. The summed E-state index contributed by atoms with van der Waals surface area (Å²) in [5, 5.41) is 0. The maximum atomic E-state index is 5.81. The molecule has 92 valence electrons. The number of rotatable bonds is 3. The molecular weight excluding hydrogens is 222 g/mol. The standard InChI is InChI=1S/C15H17N3/c16-14-5-4-12-10-18(11-13(12)9-14)8-6-15-3-1-2-7-17-15/h1-5,7,9H,6,8,10-11,16H2. The first-order valence-corrected chi connectivity index (χ1v) is 6.31. The van der Waals surface area contributed by atoms with Gasteiger partial charge in [-0.2, -0.15) is 0 Å². The minimum Gasteiger partial charge on any atom is -0.399 e. The van der Waals surface area contributed by atoms with E-state index in [-0.39, 0.29) is 0 Å². The molecule has 0 bridgehead atoms. The molecule has 1 aromatic carbocycles. The van der Waals surface area contributed by atoms with E-state index in [1.165, 1.54) is 11.1 Å². The Labute approximate surface area is 107 Å². The maximum Gasteiger partial charge on any atom is 0.0416 e. The van der Waals surface area contributed by atoms with Crippen molar-refractivity contribution >= 4 is 5.69 Å². The molecule has 1 aliphatic rings. The quantitative estimate of drug-likeness (QED) is 0.835. The zero-order chi connectivity index (χ0) is 12.4. The highest BCUT2D eigenvalue weighted by molar-refractivity contribution is 5.46. The highest BCUT2D eigenvalue weighted by atomic mass is 15.1. The second-order valence-electron chi connectivity index (χ2n) is 4.81. The predicted octanol–water partition coefficient (Wildman–Crippen LogP) is 2.22. The lowest BCUT2D eigenvalue weighted by atomic mass is 10.1. The molecule has 2 heterocycles. The number of fused-ring (bicyclic) bond motifs is 1. The van der Waals surface area contributed by atoms with Crippen molar-refractivity contribution < 1.29 is 0 Å². The van der Waals surface area contributed by atoms with Crippen LogP contribution in [0.3, 0.4) is 0 Å². The van der Waals surface area contributed by atoms with Crippen LogP contribution in [0.25, 0.3) is 0 Å². The first-order valence-electron chi connectivity index (χ1n) is 6.31. The fraction of sp³-hybridized carbons (Fsp3) is 0.267. The van der Waals surface area contributed by atoms with Gasteiger partial charge in [0.05, 0.1) is 0 Å². The molecule has 0 saturated carbocycles. The van der Waals surface area contributed by atoms with Gasteiger partial charge in [0, 0.05) is 43.6 Å². The van der Waals surface area contributed by atoms with E-state index in [9.17, 15) is 0 Å². The van der Waals surface area contributed by atoms with Gasteiger partial charge in [0.2, 0.25) is 0 Å². The van der Waals surface area contributed by atoms with Crippen molar-refractivity contribution in [1.82, 2.24) is 9.88 Å². The van der Waals surface area contributed by atoms with Crippen molar-refractivity contribution in [3.05, 3.63) is 59.4 Å². The lowest BCUT2D eigenvalue weighted by Crippen LogP contribution is -2.19. The van der Waals surface area contributed by atoms with Crippen molar-refractivity contribution in [2.24, 2.45) is 0 Å². The monoisotopic (exact) mass is 239 g/mol. The molecule has 1 aromatic heterocycles. The number of benzene rings is 1. The fourth-order valence-electron chi connectivity index (χ4n) is 2.46. The Morgan fingerprint density at radius 2 is 2.00 bits per heavy atom. The van der Waals surface area contributed by atoms with E-state index in [1.807, 2.05) is 24.4 Å². The molecule has 0 aliphatic carbocycles. The van der Waals surface area contributed by atoms with Crippen LogP contribution >= 0.6 is 0 Å². The molecule has 3 nitrogen and oxygen atoms in total. The van der Waals surface area contributed by atoms with Crippen LogP contribution in [0.1, 0.15) is 16.8 Å². The minimum absolute atomic E-state index is 0.861. The molecule has 3 heteroatoms. The number of aromatic nitrogens is 1. The van der Waals surface area contributed by atoms with Crippen LogP contribution in [0, 0.1) is 0 Å². The van der Waals surface area contributed by atoms with Crippen LogP contribution in [-0.4, -0.2) is 16.4 Å². The summed E-state index contributed by atoms with van der Waals surface area (Å²) in [5.74, 6) is 0. The molecule has 0 spiro atoms. The van der Waals surface area contributed by atoms with Gasteiger partial charge in [-0.1, -0.05) is 12.1 Å². The lowest BCUT2D eigenvalue weighted by Gasteiger charge is -2.13. The Bertz CT molecular complexity index is 537. The van der Waals surface area contributed by atoms with E-state index >= 15 is 0 Å². The summed E-state index contributed by atoms with van der Waals surface area (Å²) in [6, 6.07) is 12.3. The van der Waals surface area contributed by atoms with Crippen molar-refractivity contribution in [3.8, 4) is 0 Å². The van der Waals surface area contributed by atoms with E-state index in [1.54, 1.807) is 0 Å². The van der Waals surface area contributed by atoms with E-state index in [0.717, 1.165) is 37.4 Å². The summed E-state index contributed by atoms with van der Waals surface area (Å²) in [5.41, 5.74) is 10.6. The predicted molar refractivity (Wildman–Crippen MR) is 72.9 cm³/mol. The lowest BCUT2D eigenvalue weighted by molar-refractivity contribution is 0.287. The van der Waals surface area contributed by atoms with Gasteiger partial charge in [-0.05, 0) is 35.4 Å². The van der Waals surface area contributed by atoms with E-state index in [4.69, 9.17) is 5.73 Å². The molecule has 2 aromatic rings. The molecule has 18 heavy (non-hydrogen) atoms. The first kappa shape index (κ1) is 11.2. The van der Waals surface area contributed by atoms with Crippen molar-refractivity contribution in [2.75, 3.05) is 12.3 Å². The SMILES string of the molecule is Nc1ccc2c(c1)CN(CCc1ccccn1)C2. The molecule has 0 fully saturated rings. The summed E-state index contributed by atoms with van der Waals surface area (Å²) >= 11 is 0. The summed E-state index contributed by atoms with van der Waals surface area (Å²) in [7, 11) is 0. The van der Waals surface area contributed by atoms with Crippen LogP contribution in [0.4, 0.5) is 5.69 Å². The van der Waals surface area contributed by atoms with Crippen molar-refractivity contribution in [2.45, 2.75) is 19.5 Å². The second-order valence-corrected chi connectivity index (χ2v) is 4.81. The highest BCUT2D eigenvalue weighted by Crippen LogP contribution is 2.24. The van der Waals surface area contributed by atoms with Gasteiger partial charge in [-0.25, -0.2) is 0 Å². The number of nitrogen functional groups attached to an aromatic ring is 1. The zero-order valence-corrected chi connectivity index (χ0v) is 10.3. The molecule has 0 atom stereocenters. The summed E-state index contributed by atoms with van der Waals surface area (Å²) in [4.78, 5) is 6.80. The average Bonchev–Trinajstić information content (AvgIpc) is 2.79. The highest BCUT2D eigenvalue weighted by Gasteiger charge is 2.18. The third-order valence-corrected chi connectivity index (χ3v) is 3.43. The van der Waals surface area contributed by atoms with Crippen molar-refractivity contribution in [3.63, 3.8) is 0 Å².